The average molecular weight is 526 g/mol. The molecule has 1 aromatic carbocycles. The van der Waals surface area contributed by atoms with Gasteiger partial charge in [0.15, 0.2) is 5.96 Å². The quantitative estimate of drug-likeness (QED) is 0.293. The SMILES string of the molecule is CCNC(=NCC(C)(O)c1cnn(C)c1)NCC(C)N1CCc2ccccc2C1.I. The fourth-order valence-electron chi connectivity index (χ4n) is 3.63. The first-order chi connectivity index (χ1) is 13.9. The molecule has 0 fully saturated rings. The van der Waals surface area contributed by atoms with E-state index < -0.39 is 5.60 Å². The van der Waals surface area contributed by atoms with Crippen LogP contribution in [0.3, 0.4) is 0 Å². The maximum atomic E-state index is 10.8. The second-order valence-electron chi connectivity index (χ2n) is 8.09. The number of aryl methyl sites for hydroxylation is 1. The van der Waals surface area contributed by atoms with Gasteiger partial charge >= 0.3 is 0 Å². The van der Waals surface area contributed by atoms with Crippen molar-refractivity contribution in [2.45, 2.75) is 45.4 Å². The molecule has 2 atom stereocenters. The zero-order chi connectivity index (χ0) is 20.9. The largest absolute Gasteiger partial charge is 0.383 e. The highest BCUT2D eigenvalue weighted by atomic mass is 127. The van der Waals surface area contributed by atoms with Crippen LogP contribution in [0.2, 0.25) is 0 Å². The molecule has 0 saturated heterocycles. The standard InChI is InChI=1S/C22H34N6O.HI/c1-5-23-21(25-16-22(3,29)20-13-26-27(4)15-20)24-12-17(2)28-11-10-18-8-6-7-9-19(18)14-28;/h6-9,13,15,17,29H,5,10-12,14,16H2,1-4H3,(H2,23,24,25);1H. The first-order valence-corrected chi connectivity index (χ1v) is 10.4. The van der Waals surface area contributed by atoms with Crippen LogP contribution in [0, 0.1) is 0 Å². The zero-order valence-electron chi connectivity index (χ0n) is 18.4. The number of aliphatic imine (C=N–C) groups is 1. The van der Waals surface area contributed by atoms with Crippen LogP contribution < -0.4 is 10.6 Å². The van der Waals surface area contributed by atoms with Gasteiger partial charge in [0.25, 0.3) is 0 Å². The smallest absolute Gasteiger partial charge is 0.191 e. The third-order valence-corrected chi connectivity index (χ3v) is 5.56. The summed E-state index contributed by atoms with van der Waals surface area (Å²) in [6.45, 7) is 9.95. The van der Waals surface area contributed by atoms with Crippen molar-refractivity contribution >= 4 is 29.9 Å². The summed E-state index contributed by atoms with van der Waals surface area (Å²) in [5, 5.41) is 21.6. The molecule has 8 heteroatoms. The van der Waals surface area contributed by atoms with Crippen molar-refractivity contribution in [2.75, 3.05) is 26.2 Å². The third-order valence-electron chi connectivity index (χ3n) is 5.56. The number of benzene rings is 1. The summed E-state index contributed by atoms with van der Waals surface area (Å²) in [7, 11) is 1.84. The maximum absolute atomic E-state index is 10.8. The lowest BCUT2D eigenvalue weighted by atomic mass is 9.99. The van der Waals surface area contributed by atoms with Gasteiger partial charge in [-0.1, -0.05) is 24.3 Å². The van der Waals surface area contributed by atoms with Crippen LogP contribution in [0.15, 0.2) is 41.7 Å². The lowest BCUT2D eigenvalue weighted by Crippen LogP contribution is -2.47. The molecule has 166 valence electrons. The first kappa shape index (κ1) is 24.6. The summed E-state index contributed by atoms with van der Waals surface area (Å²) in [6.07, 6.45) is 4.61. The van der Waals surface area contributed by atoms with Crippen molar-refractivity contribution in [1.29, 1.82) is 0 Å². The lowest BCUT2D eigenvalue weighted by molar-refractivity contribution is 0.0671. The Hall–Kier alpha value is -1.65. The van der Waals surface area contributed by atoms with Gasteiger partial charge in [-0.2, -0.15) is 5.10 Å². The van der Waals surface area contributed by atoms with E-state index in [1.807, 2.05) is 20.2 Å². The Labute approximate surface area is 197 Å². The van der Waals surface area contributed by atoms with Crippen LogP contribution in [0.5, 0.6) is 0 Å². The normalized spacial score (nSPS) is 17.4. The van der Waals surface area contributed by atoms with Crippen molar-refractivity contribution in [3.05, 3.63) is 53.3 Å². The summed E-state index contributed by atoms with van der Waals surface area (Å²) >= 11 is 0. The molecule has 3 N–H and O–H groups in total. The second kappa shape index (κ2) is 11.1. The topological polar surface area (TPSA) is 77.7 Å². The number of guanidine groups is 1. The van der Waals surface area contributed by atoms with Gasteiger partial charge in [-0.15, -0.1) is 24.0 Å². The van der Waals surface area contributed by atoms with Crippen LogP contribution >= 0.6 is 24.0 Å². The molecule has 0 saturated carbocycles. The third kappa shape index (κ3) is 6.42. The number of fused-ring (bicyclic) bond motifs is 1. The van der Waals surface area contributed by atoms with E-state index in [9.17, 15) is 5.11 Å². The molecule has 0 spiro atoms. The van der Waals surface area contributed by atoms with Crippen molar-refractivity contribution < 1.29 is 5.11 Å². The molecule has 0 amide bonds. The molecule has 1 aliphatic rings. The summed E-state index contributed by atoms with van der Waals surface area (Å²) < 4.78 is 1.69. The predicted octanol–water partition coefficient (Wildman–Crippen LogP) is 2.25. The van der Waals surface area contributed by atoms with Gasteiger partial charge in [0.1, 0.15) is 5.60 Å². The van der Waals surface area contributed by atoms with Crippen molar-refractivity contribution in [3.63, 3.8) is 0 Å². The zero-order valence-corrected chi connectivity index (χ0v) is 20.8. The number of nitrogens with one attached hydrogen (secondary N) is 2. The van der Waals surface area contributed by atoms with Crippen LogP contribution in [-0.4, -0.2) is 58.0 Å². The minimum Gasteiger partial charge on any atom is -0.383 e. The Morgan fingerprint density at radius 3 is 2.70 bits per heavy atom. The molecule has 2 unspecified atom stereocenters. The minimum atomic E-state index is -1.06. The van der Waals surface area contributed by atoms with E-state index >= 15 is 0 Å². The predicted molar refractivity (Wildman–Crippen MR) is 132 cm³/mol. The summed E-state index contributed by atoms with van der Waals surface area (Å²) in [5.41, 5.74) is 2.61. The Balaban J connectivity index is 0.00000320. The summed E-state index contributed by atoms with van der Waals surface area (Å²) in [6, 6.07) is 9.09. The van der Waals surface area contributed by atoms with E-state index in [1.54, 1.807) is 17.8 Å². The molecule has 3 rings (SSSR count). The van der Waals surface area contributed by atoms with Gasteiger partial charge in [0.2, 0.25) is 0 Å². The van der Waals surface area contributed by atoms with Crippen LogP contribution in [0.4, 0.5) is 0 Å². The Morgan fingerprint density at radius 2 is 2.03 bits per heavy atom. The number of rotatable bonds is 7. The summed E-state index contributed by atoms with van der Waals surface area (Å²) in [5.74, 6) is 0.723. The molecule has 0 bridgehead atoms. The van der Waals surface area contributed by atoms with Gasteiger partial charge in [-0.3, -0.25) is 9.58 Å². The van der Waals surface area contributed by atoms with Gasteiger partial charge in [0.05, 0.1) is 12.7 Å². The molecule has 0 radical (unpaired) electrons. The van der Waals surface area contributed by atoms with E-state index in [0.29, 0.717) is 6.04 Å². The number of nitrogens with zero attached hydrogens (tertiary/aromatic N) is 4. The molecular formula is C22H35IN6O. The van der Waals surface area contributed by atoms with Crippen molar-refractivity contribution in [2.24, 2.45) is 12.0 Å². The monoisotopic (exact) mass is 526 g/mol. The molecule has 1 aromatic heterocycles. The second-order valence-corrected chi connectivity index (χ2v) is 8.09. The molecule has 30 heavy (non-hydrogen) atoms. The van der Waals surface area contributed by atoms with Crippen molar-refractivity contribution in [1.82, 2.24) is 25.3 Å². The van der Waals surface area contributed by atoms with Gasteiger partial charge in [0, 0.05) is 51.0 Å². The number of hydrogen-bond acceptors (Lipinski definition) is 4. The van der Waals surface area contributed by atoms with E-state index in [0.717, 1.165) is 44.1 Å². The number of halogens is 1. The fraction of sp³-hybridized carbons (Fsp3) is 0.545. The van der Waals surface area contributed by atoms with Crippen LogP contribution in [0.25, 0.3) is 0 Å². The minimum absolute atomic E-state index is 0. The van der Waals surface area contributed by atoms with Crippen LogP contribution in [-0.2, 0) is 25.6 Å². The van der Waals surface area contributed by atoms with E-state index in [1.165, 1.54) is 11.1 Å². The summed E-state index contributed by atoms with van der Waals surface area (Å²) in [4.78, 5) is 7.12. The lowest BCUT2D eigenvalue weighted by Gasteiger charge is -2.34. The molecular weight excluding hydrogens is 491 g/mol. The van der Waals surface area contributed by atoms with Crippen molar-refractivity contribution in [3.8, 4) is 0 Å². The average Bonchev–Trinajstić information content (AvgIpc) is 3.17. The Kier molecular flexibility index (Phi) is 9.11. The highest BCUT2D eigenvalue weighted by molar-refractivity contribution is 14.0. The highest BCUT2D eigenvalue weighted by Gasteiger charge is 2.25. The molecule has 2 heterocycles. The number of aliphatic hydroxyl groups is 1. The van der Waals surface area contributed by atoms with Crippen LogP contribution in [0.1, 0.15) is 37.5 Å². The molecule has 1 aliphatic heterocycles. The van der Waals surface area contributed by atoms with E-state index in [2.05, 4.69) is 56.8 Å². The number of hydrogen-bond donors (Lipinski definition) is 3. The Morgan fingerprint density at radius 1 is 1.30 bits per heavy atom. The molecule has 7 nitrogen and oxygen atoms in total. The van der Waals surface area contributed by atoms with E-state index in [4.69, 9.17) is 0 Å². The van der Waals surface area contributed by atoms with Gasteiger partial charge < -0.3 is 15.7 Å². The fourth-order valence-corrected chi connectivity index (χ4v) is 3.63. The number of aromatic nitrogens is 2. The van der Waals surface area contributed by atoms with Gasteiger partial charge in [-0.05, 0) is 38.3 Å². The Bertz CT molecular complexity index is 835. The maximum Gasteiger partial charge on any atom is 0.191 e. The molecule has 2 aromatic rings. The first-order valence-electron chi connectivity index (χ1n) is 10.4. The van der Waals surface area contributed by atoms with Gasteiger partial charge in [-0.25, -0.2) is 4.99 Å². The highest BCUT2D eigenvalue weighted by Crippen LogP contribution is 2.21. The van der Waals surface area contributed by atoms with E-state index in [-0.39, 0.29) is 30.5 Å². The molecule has 0 aliphatic carbocycles.